The molecule has 35 heteroatoms. The Labute approximate surface area is 777 Å². The number of fused-ring (bicyclic) bond motifs is 4. The predicted molar refractivity (Wildman–Crippen MR) is 492 cm³/mol. The number of imide groups is 4. The van der Waals surface area contributed by atoms with E-state index in [1.807, 2.05) is 42.5 Å². The van der Waals surface area contributed by atoms with Gasteiger partial charge in [-0.1, -0.05) is 84.3 Å². The number of likely N-dealkylation sites (tertiary alicyclic amines) is 2. The molecule has 0 saturated carbocycles. The highest BCUT2D eigenvalue weighted by molar-refractivity contribution is 7.13. The molecule has 684 valence electrons. The lowest BCUT2D eigenvalue weighted by atomic mass is 10.0. The van der Waals surface area contributed by atoms with Gasteiger partial charge in [0, 0.05) is 158 Å². The number of amides is 14. The lowest BCUT2D eigenvalue weighted by molar-refractivity contribution is -0.137. The fraction of sp³-hybridized carbons (Fsp3) is 0.280. The van der Waals surface area contributed by atoms with E-state index < -0.39 is 89.1 Å². The van der Waals surface area contributed by atoms with Crippen molar-refractivity contribution in [3.8, 4) is 29.4 Å². The highest BCUT2D eigenvalue weighted by Gasteiger charge is 2.49. The van der Waals surface area contributed by atoms with Crippen LogP contribution in [-0.4, -0.2) is 214 Å². The Kier molecular flexibility index (Phi) is 27.6. The molecule has 135 heavy (non-hydrogen) atoms. The first-order valence-corrected chi connectivity index (χ1v) is 45.4. The fourth-order valence-corrected chi connectivity index (χ4v) is 18.4. The van der Waals surface area contributed by atoms with Crippen LogP contribution in [0.15, 0.2) is 194 Å². The average Bonchev–Trinajstić information content (AvgIpc) is 1.61. The highest BCUT2D eigenvalue weighted by atomic mass is 32.1. The SMILES string of the molecule is O=C1CCC(N2C(=O)c3cccc(NCCCCN4CCC(NC(=O)c5ccc(C#Cc6ccc7c(c6)C(=O)N(C(C(=O)Nc6ccccn6)c6ccccc6)C7)cn5)CC4)c3C2=O)C(=O)N1.O=C1CCC(N2C(=O)c3cccc(NCCCCN4CCC(NC(=O)c5ccc(C#Cc6ccc7c(c6)C(=O)N(C(C(=O)Nc6nccs6)c6cc(F)ccc6O)C7)cn5)CC4)c3C2=O)C(=O)N1. The first-order chi connectivity index (χ1) is 65.5. The van der Waals surface area contributed by atoms with Crippen LogP contribution in [0.5, 0.6) is 5.75 Å². The van der Waals surface area contributed by atoms with Gasteiger partial charge in [0.2, 0.25) is 23.6 Å². The number of hydrogen-bond acceptors (Lipinski definition) is 24. The zero-order chi connectivity index (χ0) is 93.9. The molecule has 4 aromatic heterocycles. The van der Waals surface area contributed by atoms with Gasteiger partial charge in [0.25, 0.3) is 59.1 Å². The van der Waals surface area contributed by atoms with Gasteiger partial charge in [0.05, 0.1) is 22.3 Å². The number of aromatic nitrogens is 4. The van der Waals surface area contributed by atoms with Crippen molar-refractivity contribution in [1.82, 2.24) is 70.6 Å². The molecule has 8 aliphatic rings. The van der Waals surface area contributed by atoms with Gasteiger partial charge in [-0.3, -0.25) is 92.9 Å². The number of nitrogens with zero attached hydrogens (tertiary/aromatic N) is 10. The van der Waals surface area contributed by atoms with E-state index in [2.05, 4.69) is 96.0 Å². The maximum Gasteiger partial charge on any atom is 0.270 e. The quantitative estimate of drug-likeness (QED) is 0.0138. The van der Waals surface area contributed by atoms with Crippen LogP contribution in [0.2, 0.25) is 0 Å². The average molecular weight is 1840 g/mol. The molecule has 4 unspecified atom stereocenters. The molecule has 0 spiro atoms. The van der Waals surface area contributed by atoms with Crippen molar-refractivity contribution in [2.45, 2.75) is 126 Å². The summed E-state index contributed by atoms with van der Waals surface area (Å²) in [7, 11) is 0. The molecule has 0 radical (unpaired) electrons. The topological polar surface area (TPSA) is 426 Å². The smallest absolute Gasteiger partial charge is 0.270 e. The van der Waals surface area contributed by atoms with Crippen molar-refractivity contribution < 1.29 is 76.6 Å². The summed E-state index contributed by atoms with van der Waals surface area (Å²) in [6.07, 6.45) is 13.1. The van der Waals surface area contributed by atoms with E-state index in [4.69, 9.17) is 0 Å². The molecule has 4 fully saturated rings. The summed E-state index contributed by atoms with van der Waals surface area (Å²) in [6, 6.07) is 40.7. The van der Waals surface area contributed by atoms with Crippen LogP contribution in [0.1, 0.15) is 217 Å². The van der Waals surface area contributed by atoms with E-state index in [0.717, 1.165) is 124 Å². The summed E-state index contributed by atoms with van der Waals surface area (Å²) in [5, 5.41) is 35.4. The van der Waals surface area contributed by atoms with E-state index in [1.165, 1.54) is 28.6 Å². The van der Waals surface area contributed by atoms with Crippen LogP contribution in [0.25, 0.3) is 0 Å². The molecule has 18 rings (SSSR count). The first kappa shape index (κ1) is 91.1. The maximum atomic E-state index is 14.4. The van der Waals surface area contributed by atoms with Gasteiger partial charge in [0.15, 0.2) is 5.13 Å². The summed E-state index contributed by atoms with van der Waals surface area (Å²) in [5.41, 5.74) is 7.74. The number of phenols is 1. The molecule has 9 N–H and O–H groups in total. The second-order valence-corrected chi connectivity index (χ2v) is 34.6. The van der Waals surface area contributed by atoms with Crippen molar-refractivity contribution in [1.29, 1.82) is 0 Å². The number of unbranched alkanes of at least 4 members (excludes halogenated alkanes) is 2. The molecule has 0 aliphatic carbocycles. The Balaban J connectivity index is 0.000000188. The predicted octanol–water partition coefficient (Wildman–Crippen LogP) is 9.31. The number of aromatic hydroxyl groups is 1. The molecule has 33 nitrogen and oxygen atoms in total. The molecule has 0 bridgehead atoms. The first-order valence-electron chi connectivity index (χ1n) is 44.6. The van der Waals surface area contributed by atoms with Crippen LogP contribution in [0, 0.1) is 29.5 Å². The van der Waals surface area contributed by atoms with Crippen molar-refractivity contribution in [3.63, 3.8) is 0 Å². The molecule has 10 aromatic rings. The summed E-state index contributed by atoms with van der Waals surface area (Å²) in [5.74, 6) is 5.05. The number of piperidine rings is 4. The number of carbonyl (C=O) groups is 14. The maximum absolute atomic E-state index is 14.4. The van der Waals surface area contributed by atoms with Gasteiger partial charge < -0.3 is 51.3 Å². The molecule has 6 aromatic carbocycles. The summed E-state index contributed by atoms with van der Waals surface area (Å²) in [4.78, 5) is 209. The third-order valence-electron chi connectivity index (χ3n) is 24.9. The number of phenolic OH excluding ortho intramolecular Hbond substituents is 1. The third kappa shape index (κ3) is 20.6. The molecular weight excluding hydrogens is 1740 g/mol. The minimum absolute atomic E-state index is 0.0116. The van der Waals surface area contributed by atoms with Crippen molar-refractivity contribution in [3.05, 3.63) is 289 Å². The number of pyridine rings is 3. The lowest BCUT2D eigenvalue weighted by Crippen LogP contribution is -2.54. The van der Waals surface area contributed by atoms with Crippen molar-refractivity contribution in [2.24, 2.45) is 0 Å². The number of nitrogens with one attached hydrogen (secondary N) is 8. The second-order valence-electron chi connectivity index (χ2n) is 33.7. The molecule has 4 saturated heterocycles. The molecule has 8 aliphatic heterocycles. The van der Waals surface area contributed by atoms with E-state index in [1.54, 1.807) is 126 Å². The fourth-order valence-electron chi connectivity index (χ4n) is 17.9. The van der Waals surface area contributed by atoms with Gasteiger partial charge in [-0.15, -0.1) is 11.3 Å². The van der Waals surface area contributed by atoms with Crippen LogP contribution < -0.4 is 42.5 Å². The Morgan fingerprint density at radius 2 is 0.956 bits per heavy atom. The second kappa shape index (κ2) is 40.9. The van der Waals surface area contributed by atoms with Gasteiger partial charge in [-0.25, -0.2) is 24.3 Å². The van der Waals surface area contributed by atoms with Crippen LogP contribution in [-0.2, 0) is 41.9 Å². The Bertz CT molecular complexity index is 6510. The molecule has 4 atom stereocenters. The van der Waals surface area contributed by atoms with Crippen LogP contribution in [0.4, 0.5) is 26.7 Å². The largest absolute Gasteiger partial charge is 0.508 e. The number of hydrogen-bond donors (Lipinski definition) is 9. The molecular formula is C100H91FN18O15S. The number of carbonyl (C=O) groups excluding carboxylic acids is 14. The molecule has 12 heterocycles. The summed E-state index contributed by atoms with van der Waals surface area (Å²) < 4.78 is 14.4. The van der Waals surface area contributed by atoms with Gasteiger partial charge >= 0.3 is 0 Å². The Morgan fingerprint density at radius 3 is 1.43 bits per heavy atom. The summed E-state index contributed by atoms with van der Waals surface area (Å²) >= 11 is 1.18. The lowest BCUT2D eigenvalue weighted by Gasteiger charge is -2.32. The number of benzene rings is 6. The monoisotopic (exact) mass is 1830 g/mol. The number of thiazole rings is 1. The Hall–Kier alpha value is -15.9. The standard InChI is InChI=1S/C51H47N9O7.C49H44FN9O8S/c61-43-21-20-41(47(63)57-43)60-50(66)37-11-8-12-39(44(37)51(60)67)52-24-6-7-26-58-27-22-36(23-28-58)55-46(62)40-19-17-33(30-54-40)15-14-32-16-18-35-31-59(49(65)38(35)29-32)45(34-9-2-1-3-10-34)48(64)56-42-13-4-5-25-53-42;50-31-11-14-39(60)35(25-31)42(45(64)56-49-52-19-23-68-49)58-27-30-10-8-28(24-34(30)46(58)65)6-7-29-9-12-37(53-26-29)43(62)54-32-16-21-57(22-17-32)20-2-1-18-51-36-5-3-4-33-41(36)48(67)59(47(33)66)38-13-15-40(61)55-44(38)63/h1-5,8-13,16-19,25,29-30,36,41,45,52H,6-7,20-24,26-28,31H2,(H,55,62)(H,53,56,64)(H,57,61,63);3-5,8-12,14,19,23-26,32,38,42,51,60H,1-2,13,15-18,20-22,27H2,(H,54,62)(H,52,56,64)(H,55,61,63). The van der Waals surface area contributed by atoms with Gasteiger partial charge in [0.1, 0.15) is 52.9 Å². The van der Waals surface area contributed by atoms with E-state index in [0.29, 0.717) is 80.5 Å². The zero-order valence-electron chi connectivity index (χ0n) is 72.9. The van der Waals surface area contributed by atoms with Crippen LogP contribution in [0.3, 0.4) is 0 Å². The minimum Gasteiger partial charge on any atom is -0.508 e. The van der Waals surface area contributed by atoms with Crippen LogP contribution >= 0.6 is 11.3 Å². The van der Waals surface area contributed by atoms with E-state index in [9.17, 15) is 76.6 Å². The van der Waals surface area contributed by atoms with Gasteiger partial charge in [-0.2, -0.15) is 0 Å². The third-order valence-corrected chi connectivity index (χ3v) is 25.6. The summed E-state index contributed by atoms with van der Waals surface area (Å²) in [6.45, 7) is 6.47. The minimum atomic E-state index is -1.36. The Morgan fingerprint density at radius 1 is 0.467 bits per heavy atom. The van der Waals surface area contributed by atoms with Crippen molar-refractivity contribution >= 4 is 116 Å². The van der Waals surface area contributed by atoms with E-state index in [-0.39, 0.29) is 119 Å². The number of rotatable bonds is 26. The number of anilines is 4. The molecule has 14 amide bonds. The highest BCUT2D eigenvalue weighted by Crippen LogP contribution is 2.40. The number of halogens is 1. The normalized spacial score (nSPS) is 17.5. The zero-order valence-corrected chi connectivity index (χ0v) is 73.7. The van der Waals surface area contributed by atoms with E-state index >= 15 is 0 Å². The van der Waals surface area contributed by atoms with Gasteiger partial charge in [-0.05, 0) is 197 Å². The van der Waals surface area contributed by atoms with Crippen molar-refractivity contribution in [2.75, 3.05) is 73.6 Å².